The number of aromatic nitrogens is 4. The van der Waals surface area contributed by atoms with Crippen molar-refractivity contribution in [1.29, 1.82) is 0 Å². The van der Waals surface area contributed by atoms with Gasteiger partial charge in [0.25, 0.3) is 0 Å². The van der Waals surface area contributed by atoms with E-state index in [0.29, 0.717) is 11.8 Å². The maximum atomic E-state index is 5.64. The second-order valence-corrected chi connectivity index (χ2v) is 9.12. The van der Waals surface area contributed by atoms with Gasteiger partial charge in [-0.3, -0.25) is 0 Å². The Morgan fingerprint density at radius 3 is 2.88 bits per heavy atom. The molecule has 3 heterocycles. The quantitative estimate of drug-likeness (QED) is 0.701. The Labute approximate surface area is 162 Å². The van der Waals surface area contributed by atoms with E-state index >= 15 is 0 Å². The van der Waals surface area contributed by atoms with Crippen molar-refractivity contribution in [3.05, 3.63) is 39.9 Å². The highest BCUT2D eigenvalue weighted by molar-refractivity contribution is 7.71. The summed E-state index contributed by atoms with van der Waals surface area (Å²) in [6.07, 6.45) is 5.00. The summed E-state index contributed by atoms with van der Waals surface area (Å²) in [6.45, 7) is 3.19. The third-order valence-electron chi connectivity index (χ3n) is 5.67. The van der Waals surface area contributed by atoms with Gasteiger partial charge in [-0.05, 0) is 50.0 Å². The lowest BCUT2D eigenvalue weighted by Crippen LogP contribution is -3.12. The smallest absolute Gasteiger partial charge is 0.202 e. The molecule has 0 radical (unpaired) electrons. The number of hydrogen-bond donors (Lipinski definition) is 1. The molecular weight excluding hydrogens is 362 g/mol. The number of para-hydroxylation sites is 1. The van der Waals surface area contributed by atoms with Crippen molar-refractivity contribution >= 4 is 33.8 Å². The van der Waals surface area contributed by atoms with E-state index in [9.17, 15) is 0 Å². The van der Waals surface area contributed by atoms with Crippen molar-refractivity contribution in [3.63, 3.8) is 0 Å². The van der Waals surface area contributed by atoms with Crippen molar-refractivity contribution < 1.29 is 4.90 Å². The third-order valence-corrected chi connectivity index (χ3v) is 7.35. The van der Waals surface area contributed by atoms with Crippen molar-refractivity contribution in [2.24, 2.45) is 7.05 Å². The van der Waals surface area contributed by atoms with Crippen LogP contribution >= 0.6 is 23.6 Å². The molecule has 136 valence electrons. The number of benzene rings is 1. The van der Waals surface area contributed by atoms with Gasteiger partial charge in [0.2, 0.25) is 4.77 Å². The average Bonchev–Trinajstić information content (AvgIpc) is 3.35. The van der Waals surface area contributed by atoms with Crippen LogP contribution in [-0.2, 0) is 13.7 Å². The van der Waals surface area contributed by atoms with Crippen LogP contribution in [0.5, 0.6) is 0 Å². The van der Waals surface area contributed by atoms with Gasteiger partial charge < -0.3 is 9.47 Å². The van der Waals surface area contributed by atoms with E-state index < -0.39 is 0 Å². The first-order chi connectivity index (χ1) is 12.7. The molecule has 1 aliphatic carbocycles. The molecule has 2 atom stereocenters. The molecule has 0 spiro atoms. The van der Waals surface area contributed by atoms with E-state index in [2.05, 4.69) is 40.6 Å². The molecule has 1 aromatic carbocycles. The number of rotatable bonds is 4. The van der Waals surface area contributed by atoms with Crippen LogP contribution in [0.25, 0.3) is 10.2 Å². The molecule has 2 aromatic heterocycles. The summed E-state index contributed by atoms with van der Waals surface area (Å²) in [5, 5.41) is 6.14. The predicted octanol–water partition coefficient (Wildman–Crippen LogP) is 2.86. The Kier molecular flexibility index (Phi) is 4.18. The Morgan fingerprint density at radius 1 is 1.23 bits per heavy atom. The summed E-state index contributed by atoms with van der Waals surface area (Å²) in [7, 11) is 2.06. The monoisotopic (exact) mass is 386 g/mol. The zero-order valence-corrected chi connectivity index (χ0v) is 16.7. The highest BCUT2D eigenvalue weighted by Crippen LogP contribution is 2.38. The van der Waals surface area contributed by atoms with Crippen LogP contribution < -0.4 is 4.90 Å². The average molecular weight is 387 g/mol. The van der Waals surface area contributed by atoms with Crippen molar-refractivity contribution in [3.8, 4) is 0 Å². The normalized spacial score (nSPS) is 23.6. The Morgan fingerprint density at radius 2 is 2.08 bits per heavy atom. The van der Waals surface area contributed by atoms with E-state index in [0.717, 1.165) is 23.5 Å². The van der Waals surface area contributed by atoms with E-state index in [4.69, 9.17) is 22.3 Å². The first kappa shape index (κ1) is 16.6. The number of fused-ring (bicyclic) bond motifs is 1. The number of thiazole rings is 1. The second-order valence-electron chi connectivity index (χ2n) is 7.69. The summed E-state index contributed by atoms with van der Waals surface area (Å²) in [5.41, 5.74) is 1.14. The van der Waals surface area contributed by atoms with Gasteiger partial charge in [-0.2, -0.15) is 9.78 Å². The summed E-state index contributed by atoms with van der Waals surface area (Å²) in [5.74, 6) is 2.36. The lowest BCUT2D eigenvalue weighted by molar-refractivity contribution is -0.929. The minimum absolute atomic E-state index is 0.553. The number of nitrogens with zero attached hydrogens (tertiary/aromatic N) is 4. The fraction of sp³-hybridized carbons (Fsp3) is 0.526. The van der Waals surface area contributed by atoms with E-state index in [1.54, 1.807) is 4.90 Å². The van der Waals surface area contributed by atoms with Crippen LogP contribution in [0.15, 0.2) is 24.3 Å². The van der Waals surface area contributed by atoms with Crippen LogP contribution in [-0.4, -0.2) is 32.4 Å². The van der Waals surface area contributed by atoms with Crippen molar-refractivity contribution in [2.75, 3.05) is 13.1 Å². The van der Waals surface area contributed by atoms with Gasteiger partial charge >= 0.3 is 0 Å². The van der Waals surface area contributed by atoms with Crippen LogP contribution in [0.1, 0.15) is 48.4 Å². The Balaban J connectivity index is 1.34. The lowest BCUT2D eigenvalue weighted by Gasteiger charge is -2.28. The lowest BCUT2D eigenvalue weighted by atomic mass is 9.99. The highest BCUT2D eigenvalue weighted by atomic mass is 32.1. The molecule has 0 bridgehead atoms. The molecule has 1 saturated carbocycles. The maximum Gasteiger partial charge on any atom is 0.202 e. The molecule has 1 N–H and O–H groups in total. The molecule has 1 saturated heterocycles. The van der Waals surface area contributed by atoms with E-state index in [1.807, 2.05) is 11.3 Å². The van der Waals surface area contributed by atoms with Crippen LogP contribution in [0.2, 0.25) is 0 Å². The third kappa shape index (κ3) is 3.02. The summed E-state index contributed by atoms with van der Waals surface area (Å²) < 4.78 is 6.33. The number of likely N-dealkylation sites (tertiary alicyclic amines) is 1. The second kappa shape index (κ2) is 6.55. The molecule has 2 aliphatic rings. The fourth-order valence-corrected chi connectivity index (χ4v) is 5.39. The summed E-state index contributed by atoms with van der Waals surface area (Å²) >= 11 is 7.50. The molecule has 5 rings (SSSR count). The minimum atomic E-state index is 0.553. The zero-order valence-electron chi connectivity index (χ0n) is 15.0. The summed E-state index contributed by atoms with van der Waals surface area (Å²) in [6, 6.07) is 8.47. The van der Waals surface area contributed by atoms with Crippen molar-refractivity contribution in [1.82, 2.24) is 19.3 Å². The SMILES string of the molecule is Cn1c(C2CC2)nn(C[NH+]2CCC[C@@H](c3nc4ccccc4s3)C2)c1=S. The predicted molar refractivity (Wildman–Crippen MR) is 106 cm³/mol. The van der Waals surface area contributed by atoms with Crippen LogP contribution in [0.4, 0.5) is 0 Å². The topological polar surface area (TPSA) is 40.1 Å². The molecule has 2 fully saturated rings. The molecule has 1 aliphatic heterocycles. The van der Waals surface area contributed by atoms with Gasteiger partial charge in [0.15, 0.2) is 6.67 Å². The van der Waals surface area contributed by atoms with Crippen LogP contribution in [0, 0.1) is 4.77 Å². The minimum Gasteiger partial charge on any atom is -0.316 e. The standard InChI is InChI=1S/C19H23N5S2/c1-22-17(13-8-9-13)21-24(19(22)25)12-23-10-4-5-14(11-23)18-20-15-6-2-3-7-16(15)26-18/h2-3,6-7,13-14H,4-5,8-12H2,1H3/p+1/t14-/m1/s1. The van der Waals surface area contributed by atoms with Gasteiger partial charge in [-0.25, -0.2) is 4.98 Å². The summed E-state index contributed by atoms with van der Waals surface area (Å²) in [4.78, 5) is 6.47. The maximum absolute atomic E-state index is 5.64. The molecule has 7 heteroatoms. The van der Waals surface area contributed by atoms with Crippen molar-refractivity contribution in [2.45, 2.75) is 44.2 Å². The first-order valence-corrected chi connectivity index (χ1v) is 10.7. The first-order valence-electron chi connectivity index (χ1n) is 9.52. The molecule has 3 aromatic rings. The van der Waals surface area contributed by atoms with Gasteiger partial charge in [0.1, 0.15) is 10.8 Å². The number of nitrogens with one attached hydrogen (secondary N) is 1. The fourth-order valence-electron chi connectivity index (χ4n) is 4.09. The number of quaternary nitrogens is 1. The Bertz CT molecular complexity index is 964. The largest absolute Gasteiger partial charge is 0.316 e. The van der Waals surface area contributed by atoms with Gasteiger partial charge in [0.05, 0.1) is 29.2 Å². The molecule has 5 nitrogen and oxygen atoms in total. The number of piperidine rings is 1. The van der Waals surface area contributed by atoms with E-state index in [1.165, 1.54) is 47.8 Å². The van der Waals surface area contributed by atoms with Gasteiger partial charge in [-0.1, -0.05) is 12.1 Å². The Hall–Kier alpha value is -1.57. The van der Waals surface area contributed by atoms with Gasteiger partial charge in [-0.15, -0.1) is 11.3 Å². The van der Waals surface area contributed by atoms with Crippen LogP contribution in [0.3, 0.4) is 0 Å². The zero-order chi connectivity index (χ0) is 17.7. The number of hydrogen-bond acceptors (Lipinski definition) is 4. The molecule has 0 amide bonds. The highest BCUT2D eigenvalue weighted by Gasteiger charge is 2.31. The van der Waals surface area contributed by atoms with Gasteiger partial charge in [0, 0.05) is 13.0 Å². The molecular formula is C19H24N5S2+. The van der Waals surface area contributed by atoms with E-state index in [-0.39, 0.29) is 0 Å². The molecule has 26 heavy (non-hydrogen) atoms. The molecule has 1 unspecified atom stereocenters.